The van der Waals surface area contributed by atoms with Crippen LogP contribution in [0.5, 0.6) is 5.75 Å². The van der Waals surface area contributed by atoms with Crippen molar-refractivity contribution in [2.24, 2.45) is 0 Å². The topological polar surface area (TPSA) is 70.8 Å². The Balaban J connectivity index is 1.96. The minimum absolute atomic E-state index is 0.546. The van der Waals surface area contributed by atoms with Crippen LogP contribution in [0.15, 0.2) is 30.5 Å². The molecule has 5 nitrogen and oxygen atoms in total. The minimum Gasteiger partial charge on any atom is -0.495 e. The third kappa shape index (κ3) is 3.53. The highest BCUT2D eigenvalue weighted by atomic mass is 16.5. The Hall–Kier alpha value is -2.45. The molecule has 1 heterocycles. The fourth-order valence-electron chi connectivity index (χ4n) is 1.89. The predicted octanol–water partition coefficient (Wildman–Crippen LogP) is 1.96. The Bertz CT molecular complexity index is 634. The lowest BCUT2D eigenvalue weighted by atomic mass is 10.1. The molecule has 1 N–H and O–H groups in total. The van der Waals surface area contributed by atoms with Crippen LogP contribution in [0.1, 0.15) is 22.6 Å². The number of rotatable bonds is 5. The highest BCUT2D eigenvalue weighted by molar-refractivity contribution is 5.45. The summed E-state index contributed by atoms with van der Waals surface area (Å²) in [6, 6.07) is 9.60. The smallest absolute Gasteiger partial charge is 0.136 e. The van der Waals surface area contributed by atoms with Crippen LogP contribution in [-0.2, 0) is 13.1 Å². The van der Waals surface area contributed by atoms with Gasteiger partial charge in [-0.15, -0.1) is 0 Å². The van der Waals surface area contributed by atoms with Gasteiger partial charge in [0.1, 0.15) is 17.6 Å². The third-order valence-corrected chi connectivity index (χ3v) is 2.85. The molecule has 2 rings (SSSR count). The molecule has 5 heteroatoms. The van der Waals surface area contributed by atoms with Gasteiger partial charge in [0, 0.05) is 19.3 Å². The van der Waals surface area contributed by atoms with Crippen molar-refractivity contribution in [2.45, 2.75) is 20.0 Å². The summed E-state index contributed by atoms with van der Waals surface area (Å²) in [5.41, 5.74) is 2.53. The Morgan fingerprint density at radius 1 is 1.30 bits per heavy atom. The van der Waals surface area contributed by atoms with Crippen molar-refractivity contribution in [2.75, 3.05) is 7.11 Å². The molecule has 0 fully saturated rings. The van der Waals surface area contributed by atoms with Gasteiger partial charge in [0.05, 0.1) is 18.4 Å². The fraction of sp³-hybridized carbons (Fsp3) is 0.267. The van der Waals surface area contributed by atoms with E-state index in [1.165, 1.54) is 0 Å². The maximum atomic E-state index is 9.04. The quantitative estimate of drug-likeness (QED) is 0.897. The van der Waals surface area contributed by atoms with E-state index in [0.29, 0.717) is 24.4 Å². The standard InChI is InChI=1S/C15H16N4O/c1-11-18-6-5-14(19-11)10-17-9-12-3-4-15(20-2)13(7-12)8-16/h3-7,17H,9-10H2,1-2H3. The molecule has 0 aliphatic heterocycles. The second kappa shape index (κ2) is 6.64. The molecule has 0 atom stereocenters. The van der Waals surface area contributed by atoms with E-state index in [-0.39, 0.29) is 0 Å². The van der Waals surface area contributed by atoms with Crippen molar-refractivity contribution < 1.29 is 4.74 Å². The van der Waals surface area contributed by atoms with Crippen molar-refractivity contribution >= 4 is 0 Å². The summed E-state index contributed by atoms with van der Waals surface area (Å²) in [6.45, 7) is 3.20. The summed E-state index contributed by atoms with van der Waals surface area (Å²) < 4.78 is 5.12. The summed E-state index contributed by atoms with van der Waals surface area (Å²) in [7, 11) is 1.56. The summed E-state index contributed by atoms with van der Waals surface area (Å²) >= 11 is 0. The van der Waals surface area contributed by atoms with Gasteiger partial charge >= 0.3 is 0 Å². The molecule has 0 bridgehead atoms. The van der Waals surface area contributed by atoms with Crippen LogP contribution < -0.4 is 10.1 Å². The van der Waals surface area contributed by atoms with Crippen molar-refractivity contribution in [1.82, 2.24) is 15.3 Å². The summed E-state index contributed by atoms with van der Waals surface area (Å²) in [5, 5.41) is 12.3. The molecule has 0 saturated carbocycles. The molecule has 1 aromatic heterocycles. The normalized spacial score (nSPS) is 10.1. The van der Waals surface area contributed by atoms with Crippen molar-refractivity contribution in [3.8, 4) is 11.8 Å². The van der Waals surface area contributed by atoms with Gasteiger partial charge in [0.2, 0.25) is 0 Å². The van der Waals surface area contributed by atoms with Gasteiger partial charge in [-0.25, -0.2) is 9.97 Å². The van der Waals surface area contributed by atoms with E-state index < -0.39 is 0 Å². The van der Waals surface area contributed by atoms with Gasteiger partial charge in [0.25, 0.3) is 0 Å². The van der Waals surface area contributed by atoms with Crippen molar-refractivity contribution in [3.63, 3.8) is 0 Å². The first-order valence-electron chi connectivity index (χ1n) is 6.29. The maximum Gasteiger partial charge on any atom is 0.136 e. The number of ether oxygens (including phenoxy) is 1. The summed E-state index contributed by atoms with van der Waals surface area (Å²) in [4.78, 5) is 8.38. The van der Waals surface area contributed by atoms with Gasteiger partial charge in [-0.05, 0) is 30.7 Å². The van der Waals surface area contributed by atoms with Gasteiger partial charge in [0.15, 0.2) is 0 Å². The van der Waals surface area contributed by atoms with Gasteiger partial charge < -0.3 is 10.1 Å². The lowest BCUT2D eigenvalue weighted by Crippen LogP contribution is -2.14. The first-order valence-corrected chi connectivity index (χ1v) is 6.29. The van der Waals surface area contributed by atoms with Gasteiger partial charge in [-0.1, -0.05) is 6.07 Å². The average molecular weight is 268 g/mol. The molecule has 0 spiro atoms. The SMILES string of the molecule is COc1ccc(CNCc2ccnc(C)n2)cc1C#N. The number of nitriles is 1. The van der Waals surface area contributed by atoms with E-state index >= 15 is 0 Å². The van der Waals surface area contributed by atoms with Crippen LogP contribution in [0.25, 0.3) is 0 Å². The number of nitrogens with one attached hydrogen (secondary N) is 1. The summed E-state index contributed by atoms with van der Waals surface area (Å²) in [6.07, 6.45) is 1.75. The van der Waals surface area contributed by atoms with E-state index in [1.807, 2.05) is 31.2 Å². The zero-order chi connectivity index (χ0) is 14.4. The molecule has 0 amide bonds. The molecule has 0 radical (unpaired) electrons. The Morgan fingerprint density at radius 3 is 2.85 bits per heavy atom. The predicted molar refractivity (Wildman–Crippen MR) is 75.0 cm³/mol. The Labute approximate surface area is 118 Å². The van der Waals surface area contributed by atoms with E-state index in [9.17, 15) is 0 Å². The van der Waals surface area contributed by atoms with Crippen molar-refractivity contribution in [3.05, 3.63) is 53.1 Å². The molecular formula is C15H16N4O. The fourth-order valence-corrected chi connectivity index (χ4v) is 1.89. The first-order chi connectivity index (χ1) is 9.72. The average Bonchev–Trinajstić information content (AvgIpc) is 2.47. The number of hydrogen-bond acceptors (Lipinski definition) is 5. The highest BCUT2D eigenvalue weighted by Crippen LogP contribution is 2.18. The second-order valence-electron chi connectivity index (χ2n) is 4.35. The summed E-state index contributed by atoms with van der Waals surface area (Å²) in [5.74, 6) is 1.36. The zero-order valence-corrected chi connectivity index (χ0v) is 11.6. The number of methoxy groups -OCH3 is 1. The van der Waals surface area contributed by atoms with E-state index in [4.69, 9.17) is 10.00 Å². The monoisotopic (exact) mass is 268 g/mol. The Morgan fingerprint density at radius 2 is 2.15 bits per heavy atom. The van der Waals surface area contributed by atoms with Gasteiger partial charge in [-0.2, -0.15) is 5.26 Å². The molecule has 1 aromatic carbocycles. The number of nitrogens with zero attached hydrogens (tertiary/aromatic N) is 3. The van der Waals surface area contributed by atoms with Crippen molar-refractivity contribution in [1.29, 1.82) is 5.26 Å². The lowest BCUT2D eigenvalue weighted by molar-refractivity contribution is 0.413. The van der Waals surface area contributed by atoms with Crippen LogP contribution in [-0.4, -0.2) is 17.1 Å². The number of hydrogen-bond donors (Lipinski definition) is 1. The number of aryl methyl sites for hydroxylation is 1. The zero-order valence-electron chi connectivity index (χ0n) is 11.6. The highest BCUT2D eigenvalue weighted by Gasteiger charge is 2.03. The van der Waals surface area contributed by atoms with E-state index in [2.05, 4.69) is 21.4 Å². The molecule has 0 saturated heterocycles. The second-order valence-corrected chi connectivity index (χ2v) is 4.35. The molecule has 102 valence electrons. The molecule has 20 heavy (non-hydrogen) atoms. The molecule has 0 aliphatic carbocycles. The largest absolute Gasteiger partial charge is 0.495 e. The van der Waals surface area contributed by atoms with Crippen LogP contribution in [0.4, 0.5) is 0 Å². The molecule has 0 unspecified atom stereocenters. The maximum absolute atomic E-state index is 9.04. The van der Waals surface area contributed by atoms with Crippen LogP contribution in [0.2, 0.25) is 0 Å². The minimum atomic E-state index is 0.546. The lowest BCUT2D eigenvalue weighted by Gasteiger charge is -2.07. The van der Waals surface area contributed by atoms with Crippen LogP contribution in [0.3, 0.4) is 0 Å². The van der Waals surface area contributed by atoms with E-state index in [0.717, 1.165) is 17.1 Å². The molecule has 2 aromatic rings. The number of benzene rings is 1. The molecular weight excluding hydrogens is 252 g/mol. The van der Waals surface area contributed by atoms with Crippen LogP contribution in [0, 0.1) is 18.3 Å². The third-order valence-electron chi connectivity index (χ3n) is 2.85. The molecule has 0 aliphatic rings. The number of aromatic nitrogens is 2. The van der Waals surface area contributed by atoms with E-state index in [1.54, 1.807) is 13.3 Å². The van der Waals surface area contributed by atoms with Crippen LogP contribution >= 0.6 is 0 Å². The first kappa shape index (κ1) is 14.0. The van der Waals surface area contributed by atoms with Gasteiger partial charge in [-0.3, -0.25) is 0 Å². The Kier molecular flexibility index (Phi) is 4.64.